The molecule has 1 atom stereocenters. The predicted octanol–water partition coefficient (Wildman–Crippen LogP) is 3.18. The summed E-state index contributed by atoms with van der Waals surface area (Å²) >= 11 is 12.0. The van der Waals surface area contributed by atoms with Gasteiger partial charge in [0.05, 0.1) is 12.6 Å². The van der Waals surface area contributed by atoms with Gasteiger partial charge in [-0.15, -0.1) is 0 Å². The molecule has 0 spiro atoms. The standard InChI is InChI=1S/C14H14Cl2N2O3/c1-3-21-13(19)12-7(2)11(17-14(20)18-12)9-5-4-8(15)6-10(9)16/h4-6,11H,3H2,1-2H3,(H2,17,18,20)/t11-/m0/s1. The van der Waals surface area contributed by atoms with E-state index >= 15 is 0 Å². The number of amides is 2. The number of ether oxygens (including phenoxy) is 1. The smallest absolute Gasteiger partial charge is 0.354 e. The highest BCUT2D eigenvalue weighted by Gasteiger charge is 2.30. The molecule has 1 aliphatic rings. The van der Waals surface area contributed by atoms with Crippen LogP contribution in [-0.2, 0) is 9.53 Å². The molecule has 0 saturated carbocycles. The molecule has 112 valence electrons. The van der Waals surface area contributed by atoms with Gasteiger partial charge in [0.15, 0.2) is 0 Å². The number of esters is 1. The molecule has 1 heterocycles. The van der Waals surface area contributed by atoms with Crippen molar-refractivity contribution in [1.29, 1.82) is 0 Å². The number of hydrogen-bond acceptors (Lipinski definition) is 3. The highest BCUT2D eigenvalue weighted by atomic mass is 35.5. The number of hydrogen-bond donors (Lipinski definition) is 2. The summed E-state index contributed by atoms with van der Waals surface area (Å²) in [6.45, 7) is 3.66. The summed E-state index contributed by atoms with van der Waals surface area (Å²) in [4.78, 5) is 23.6. The van der Waals surface area contributed by atoms with Crippen molar-refractivity contribution in [2.24, 2.45) is 0 Å². The molecule has 1 aromatic rings. The highest BCUT2D eigenvalue weighted by Crippen LogP contribution is 2.32. The number of carbonyl (C=O) groups is 2. The fraction of sp³-hybridized carbons (Fsp3) is 0.286. The van der Waals surface area contributed by atoms with Crippen molar-refractivity contribution in [2.45, 2.75) is 19.9 Å². The van der Waals surface area contributed by atoms with Crippen LogP contribution in [0, 0.1) is 0 Å². The lowest BCUT2D eigenvalue weighted by atomic mass is 9.96. The van der Waals surface area contributed by atoms with Crippen molar-refractivity contribution in [3.05, 3.63) is 45.1 Å². The van der Waals surface area contributed by atoms with Crippen LogP contribution in [-0.4, -0.2) is 18.6 Å². The fourth-order valence-electron chi connectivity index (χ4n) is 2.09. The van der Waals surface area contributed by atoms with Gasteiger partial charge in [0.25, 0.3) is 0 Å². The van der Waals surface area contributed by atoms with E-state index in [1.54, 1.807) is 32.0 Å². The fourth-order valence-corrected chi connectivity index (χ4v) is 2.61. The third-order valence-electron chi connectivity index (χ3n) is 3.09. The lowest BCUT2D eigenvalue weighted by Gasteiger charge is -2.28. The van der Waals surface area contributed by atoms with Gasteiger partial charge in [-0.05, 0) is 37.1 Å². The average Bonchev–Trinajstić information content (AvgIpc) is 2.41. The Balaban J connectivity index is 2.44. The van der Waals surface area contributed by atoms with Crippen LogP contribution in [0.4, 0.5) is 4.79 Å². The minimum Gasteiger partial charge on any atom is -0.461 e. The van der Waals surface area contributed by atoms with Gasteiger partial charge in [0.2, 0.25) is 0 Å². The van der Waals surface area contributed by atoms with E-state index in [9.17, 15) is 9.59 Å². The monoisotopic (exact) mass is 328 g/mol. The summed E-state index contributed by atoms with van der Waals surface area (Å²) in [5.74, 6) is -0.570. The Hall–Kier alpha value is -1.72. The normalized spacial score (nSPS) is 18.1. The van der Waals surface area contributed by atoms with Gasteiger partial charge in [0.1, 0.15) is 5.70 Å². The van der Waals surface area contributed by atoms with Crippen LogP contribution < -0.4 is 10.6 Å². The summed E-state index contributed by atoms with van der Waals surface area (Å²) in [5.41, 5.74) is 1.42. The van der Waals surface area contributed by atoms with E-state index in [1.165, 1.54) is 0 Å². The van der Waals surface area contributed by atoms with Crippen molar-refractivity contribution in [3.8, 4) is 0 Å². The first kappa shape index (κ1) is 15.7. The molecule has 21 heavy (non-hydrogen) atoms. The molecule has 7 heteroatoms. The Morgan fingerprint density at radius 1 is 1.38 bits per heavy atom. The SMILES string of the molecule is CCOC(=O)C1=C(C)[C@@H](c2ccc(Cl)cc2Cl)NC(=O)N1. The van der Waals surface area contributed by atoms with Crippen LogP contribution in [0.3, 0.4) is 0 Å². The maximum atomic E-state index is 11.9. The molecule has 0 radical (unpaired) electrons. The lowest BCUT2D eigenvalue weighted by molar-refractivity contribution is -0.139. The lowest BCUT2D eigenvalue weighted by Crippen LogP contribution is -2.45. The quantitative estimate of drug-likeness (QED) is 0.837. The Labute approximate surface area is 132 Å². The molecule has 1 aromatic carbocycles. The molecule has 1 aliphatic heterocycles. The summed E-state index contributed by atoms with van der Waals surface area (Å²) in [6, 6.07) is 3.98. The maximum absolute atomic E-state index is 11.9. The van der Waals surface area contributed by atoms with Crippen molar-refractivity contribution in [3.63, 3.8) is 0 Å². The maximum Gasteiger partial charge on any atom is 0.354 e. The van der Waals surface area contributed by atoms with Gasteiger partial charge in [-0.3, -0.25) is 0 Å². The number of rotatable bonds is 3. The minimum atomic E-state index is -0.570. The number of nitrogens with one attached hydrogen (secondary N) is 2. The van der Waals surface area contributed by atoms with E-state index in [2.05, 4.69) is 10.6 Å². The Bertz CT molecular complexity index is 629. The van der Waals surface area contributed by atoms with E-state index in [-0.39, 0.29) is 12.3 Å². The van der Waals surface area contributed by atoms with Crippen LogP contribution >= 0.6 is 23.2 Å². The molecule has 0 unspecified atom stereocenters. The van der Waals surface area contributed by atoms with Crippen LogP contribution in [0.15, 0.2) is 29.5 Å². The van der Waals surface area contributed by atoms with Crippen LogP contribution in [0.1, 0.15) is 25.5 Å². The molecule has 5 nitrogen and oxygen atoms in total. The topological polar surface area (TPSA) is 67.4 Å². The van der Waals surface area contributed by atoms with Gasteiger partial charge in [-0.25, -0.2) is 9.59 Å². The van der Waals surface area contributed by atoms with Gasteiger partial charge in [0, 0.05) is 10.0 Å². The first-order valence-electron chi connectivity index (χ1n) is 6.34. The van der Waals surface area contributed by atoms with Crippen LogP contribution in [0.25, 0.3) is 0 Å². The molecule has 0 aromatic heterocycles. The molecule has 2 amide bonds. The van der Waals surface area contributed by atoms with Crippen LogP contribution in [0.5, 0.6) is 0 Å². The predicted molar refractivity (Wildman–Crippen MR) is 80.2 cm³/mol. The van der Waals surface area contributed by atoms with E-state index < -0.39 is 18.0 Å². The summed E-state index contributed by atoms with van der Waals surface area (Å²) in [7, 11) is 0. The number of carbonyl (C=O) groups excluding carboxylic acids is 2. The summed E-state index contributed by atoms with van der Waals surface area (Å²) in [6.07, 6.45) is 0. The van der Waals surface area contributed by atoms with Crippen molar-refractivity contribution >= 4 is 35.2 Å². The summed E-state index contributed by atoms with van der Waals surface area (Å²) in [5, 5.41) is 6.10. The van der Waals surface area contributed by atoms with Crippen molar-refractivity contribution < 1.29 is 14.3 Å². The first-order chi connectivity index (χ1) is 9.93. The molecular weight excluding hydrogens is 315 g/mol. The van der Waals surface area contributed by atoms with Gasteiger partial charge in [-0.1, -0.05) is 29.3 Å². The highest BCUT2D eigenvalue weighted by molar-refractivity contribution is 6.35. The third-order valence-corrected chi connectivity index (χ3v) is 3.66. The zero-order valence-corrected chi connectivity index (χ0v) is 13.0. The zero-order chi connectivity index (χ0) is 15.6. The van der Waals surface area contributed by atoms with Gasteiger partial charge in [-0.2, -0.15) is 0 Å². The molecule has 0 aliphatic carbocycles. The second-order valence-electron chi connectivity index (χ2n) is 4.48. The number of halogens is 2. The Kier molecular flexibility index (Phi) is 4.75. The van der Waals surface area contributed by atoms with E-state index in [4.69, 9.17) is 27.9 Å². The largest absolute Gasteiger partial charge is 0.461 e. The Morgan fingerprint density at radius 2 is 2.10 bits per heavy atom. The molecule has 2 rings (SSSR count). The first-order valence-corrected chi connectivity index (χ1v) is 7.10. The molecular formula is C14H14Cl2N2O3. The zero-order valence-electron chi connectivity index (χ0n) is 11.5. The van der Waals surface area contributed by atoms with E-state index in [0.29, 0.717) is 21.2 Å². The molecule has 0 fully saturated rings. The van der Waals surface area contributed by atoms with Crippen LogP contribution in [0.2, 0.25) is 10.0 Å². The number of urea groups is 1. The van der Waals surface area contributed by atoms with Gasteiger partial charge < -0.3 is 15.4 Å². The van der Waals surface area contributed by atoms with E-state index in [1.807, 2.05) is 0 Å². The molecule has 0 saturated heterocycles. The molecule has 2 N–H and O–H groups in total. The minimum absolute atomic E-state index is 0.136. The second-order valence-corrected chi connectivity index (χ2v) is 5.32. The summed E-state index contributed by atoms with van der Waals surface area (Å²) < 4.78 is 4.94. The second kappa shape index (κ2) is 6.37. The number of benzene rings is 1. The van der Waals surface area contributed by atoms with Crippen molar-refractivity contribution in [2.75, 3.05) is 6.61 Å². The van der Waals surface area contributed by atoms with E-state index in [0.717, 1.165) is 0 Å². The average molecular weight is 329 g/mol. The Morgan fingerprint density at radius 3 is 2.71 bits per heavy atom. The molecule has 0 bridgehead atoms. The van der Waals surface area contributed by atoms with Gasteiger partial charge >= 0.3 is 12.0 Å². The van der Waals surface area contributed by atoms with Crippen molar-refractivity contribution in [1.82, 2.24) is 10.6 Å². The third kappa shape index (κ3) is 3.31.